The topological polar surface area (TPSA) is 104 Å². The van der Waals surface area contributed by atoms with Crippen molar-refractivity contribution < 1.29 is 8.42 Å². The molecule has 0 radical (unpaired) electrons. The summed E-state index contributed by atoms with van der Waals surface area (Å²) in [7, 11) is -3.07. The Balaban J connectivity index is 2.12. The number of tetrazole rings is 1. The van der Waals surface area contributed by atoms with Crippen LogP contribution in [0.25, 0.3) is 11.4 Å². The summed E-state index contributed by atoms with van der Waals surface area (Å²) in [4.78, 5) is 0. The van der Waals surface area contributed by atoms with E-state index in [1.165, 1.54) is 4.68 Å². The number of benzene rings is 1. The monoisotopic (exact) mass is 327 g/mol. The maximum atomic E-state index is 11.8. The molecular formula is C12H14ClN5O2S. The third-order valence-electron chi connectivity index (χ3n) is 3.73. The van der Waals surface area contributed by atoms with Gasteiger partial charge in [0.2, 0.25) is 0 Å². The standard InChI is InChI=1S/C12H14ClN5O2S/c1-12(5-6-21(19,20)7-12)18-11(15-16-17-18)8-3-2-4-9(14)10(8)13/h2-4H,5-7,14H2,1H3. The molecule has 1 aliphatic heterocycles. The van der Waals surface area contributed by atoms with Crippen molar-refractivity contribution in [1.82, 2.24) is 20.2 Å². The van der Waals surface area contributed by atoms with Crippen LogP contribution < -0.4 is 5.73 Å². The van der Waals surface area contributed by atoms with Gasteiger partial charge in [-0.2, -0.15) is 0 Å². The third kappa shape index (κ3) is 2.38. The number of sulfone groups is 1. The Morgan fingerprint density at radius 1 is 1.43 bits per heavy atom. The molecule has 0 amide bonds. The maximum absolute atomic E-state index is 11.8. The lowest BCUT2D eigenvalue weighted by Gasteiger charge is -2.23. The molecule has 7 nitrogen and oxygen atoms in total. The van der Waals surface area contributed by atoms with Gasteiger partial charge in [-0.15, -0.1) is 5.10 Å². The first kappa shape index (κ1) is 14.3. The number of nitrogens with zero attached hydrogens (tertiary/aromatic N) is 4. The molecule has 21 heavy (non-hydrogen) atoms. The van der Waals surface area contributed by atoms with Crippen LogP contribution in [0, 0.1) is 0 Å². The fourth-order valence-electron chi connectivity index (χ4n) is 2.60. The van der Waals surface area contributed by atoms with Gasteiger partial charge in [0.15, 0.2) is 15.7 Å². The van der Waals surface area contributed by atoms with E-state index < -0.39 is 15.4 Å². The van der Waals surface area contributed by atoms with Gasteiger partial charge < -0.3 is 5.73 Å². The number of hydrogen-bond acceptors (Lipinski definition) is 6. The van der Waals surface area contributed by atoms with E-state index in [-0.39, 0.29) is 11.5 Å². The van der Waals surface area contributed by atoms with E-state index in [1.54, 1.807) is 18.2 Å². The third-order valence-corrected chi connectivity index (χ3v) is 6.04. The molecule has 2 aromatic rings. The van der Waals surface area contributed by atoms with E-state index in [9.17, 15) is 8.42 Å². The quantitative estimate of drug-likeness (QED) is 0.829. The van der Waals surface area contributed by atoms with E-state index in [2.05, 4.69) is 15.5 Å². The van der Waals surface area contributed by atoms with Gasteiger partial charge in [-0.05, 0) is 35.9 Å². The summed E-state index contributed by atoms with van der Waals surface area (Å²) in [6, 6.07) is 5.19. The van der Waals surface area contributed by atoms with Gasteiger partial charge in [-0.25, -0.2) is 13.1 Å². The van der Waals surface area contributed by atoms with Gasteiger partial charge in [-0.3, -0.25) is 0 Å². The SMILES string of the molecule is CC1(n2nnnc2-c2cccc(N)c2Cl)CCS(=O)(=O)C1. The minimum Gasteiger partial charge on any atom is -0.398 e. The minimum atomic E-state index is -3.07. The van der Waals surface area contributed by atoms with E-state index in [4.69, 9.17) is 17.3 Å². The van der Waals surface area contributed by atoms with Crippen LogP contribution in [0.2, 0.25) is 5.02 Å². The molecule has 0 spiro atoms. The highest BCUT2D eigenvalue weighted by molar-refractivity contribution is 7.91. The molecule has 1 aromatic carbocycles. The summed E-state index contributed by atoms with van der Waals surface area (Å²) in [5.41, 5.74) is 6.14. The van der Waals surface area contributed by atoms with E-state index in [0.717, 1.165) is 0 Å². The number of hydrogen-bond donors (Lipinski definition) is 1. The molecule has 0 aliphatic carbocycles. The molecule has 1 saturated heterocycles. The van der Waals surface area contributed by atoms with Crippen molar-refractivity contribution in [2.24, 2.45) is 0 Å². The van der Waals surface area contributed by atoms with E-state index >= 15 is 0 Å². The molecule has 2 heterocycles. The van der Waals surface area contributed by atoms with Crippen LogP contribution in [-0.4, -0.2) is 40.1 Å². The summed E-state index contributed by atoms with van der Waals surface area (Å²) in [5.74, 6) is 0.567. The van der Waals surface area contributed by atoms with Gasteiger partial charge in [0.05, 0.1) is 27.8 Å². The number of nitrogen functional groups attached to an aromatic ring is 1. The highest BCUT2D eigenvalue weighted by Crippen LogP contribution is 2.36. The van der Waals surface area contributed by atoms with Gasteiger partial charge in [0, 0.05) is 5.56 Å². The predicted molar refractivity (Wildman–Crippen MR) is 79.6 cm³/mol. The molecule has 1 aromatic heterocycles. The van der Waals surface area contributed by atoms with Crippen molar-refractivity contribution in [3.63, 3.8) is 0 Å². The first-order chi connectivity index (χ1) is 9.82. The normalized spacial score (nSPS) is 24.3. The molecule has 1 fully saturated rings. The summed E-state index contributed by atoms with van der Waals surface area (Å²) in [6.07, 6.45) is 0.466. The van der Waals surface area contributed by atoms with Crippen LogP contribution in [0.4, 0.5) is 5.69 Å². The summed E-state index contributed by atoms with van der Waals surface area (Å²) in [5, 5.41) is 12.0. The Bertz CT molecular complexity index is 804. The van der Waals surface area contributed by atoms with Gasteiger partial charge in [-0.1, -0.05) is 17.7 Å². The van der Waals surface area contributed by atoms with Crippen molar-refractivity contribution in [3.8, 4) is 11.4 Å². The van der Waals surface area contributed by atoms with Crippen LogP contribution in [0.15, 0.2) is 18.2 Å². The Labute approximate surface area is 127 Å². The number of halogens is 1. The lowest BCUT2D eigenvalue weighted by Crippen LogP contribution is -2.33. The first-order valence-electron chi connectivity index (χ1n) is 6.36. The molecule has 1 unspecified atom stereocenters. The van der Waals surface area contributed by atoms with Crippen LogP contribution in [0.5, 0.6) is 0 Å². The van der Waals surface area contributed by atoms with Crippen molar-refractivity contribution >= 4 is 27.1 Å². The molecule has 0 bridgehead atoms. The van der Waals surface area contributed by atoms with Crippen LogP contribution in [-0.2, 0) is 15.4 Å². The minimum absolute atomic E-state index is 0.0119. The molecule has 9 heteroatoms. The van der Waals surface area contributed by atoms with Gasteiger partial charge in [0.1, 0.15) is 0 Å². The average Bonchev–Trinajstić information content (AvgIpc) is 2.98. The molecular weight excluding hydrogens is 314 g/mol. The largest absolute Gasteiger partial charge is 0.398 e. The molecule has 1 aliphatic rings. The number of rotatable bonds is 2. The average molecular weight is 328 g/mol. The molecule has 112 valence electrons. The zero-order valence-corrected chi connectivity index (χ0v) is 12.9. The van der Waals surface area contributed by atoms with Crippen LogP contribution in [0.3, 0.4) is 0 Å². The second-order valence-electron chi connectivity index (χ2n) is 5.46. The highest BCUT2D eigenvalue weighted by Gasteiger charge is 2.42. The summed E-state index contributed by atoms with van der Waals surface area (Å²) >= 11 is 6.21. The van der Waals surface area contributed by atoms with Crippen molar-refractivity contribution in [2.75, 3.05) is 17.2 Å². The zero-order chi connectivity index (χ0) is 15.3. The van der Waals surface area contributed by atoms with Crippen molar-refractivity contribution in [2.45, 2.75) is 18.9 Å². The second kappa shape index (κ2) is 4.67. The smallest absolute Gasteiger partial charge is 0.184 e. The van der Waals surface area contributed by atoms with Crippen LogP contribution >= 0.6 is 11.6 Å². The maximum Gasteiger partial charge on any atom is 0.184 e. The Morgan fingerprint density at radius 3 is 2.86 bits per heavy atom. The zero-order valence-electron chi connectivity index (χ0n) is 11.3. The summed E-state index contributed by atoms with van der Waals surface area (Å²) < 4.78 is 25.1. The number of anilines is 1. The molecule has 1 atom stereocenters. The van der Waals surface area contributed by atoms with Crippen molar-refractivity contribution in [3.05, 3.63) is 23.2 Å². The lowest BCUT2D eigenvalue weighted by atomic mass is 10.0. The lowest BCUT2D eigenvalue weighted by molar-refractivity contribution is 0.325. The molecule has 0 saturated carbocycles. The number of nitrogens with two attached hydrogens (primary N) is 1. The fourth-order valence-corrected chi connectivity index (χ4v) is 4.92. The fraction of sp³-hybridized carbons (Fsp3) is 0.417. The molecule has 2 N–H and O–H groups in total. The van der Waals surface area contributed by atoms with E-state index in [0.29, 0.717) is 28.5 Å². The first-order valence-corrected chi connectivity index (χ1v) is 8.56. The van der Waals surface area contributed by atoms with Gasteiger partial charge >= 0.3 is 0 Å². The number of aromatic nitrogens is 4. The molecule has 3 rings (SSSR count). The Hall–Kier alpha value is -1.67. The highest BCUT2D eigenvalue weighted by atomic mass is 35.5. The Morgan fingerprint density at radius 2 is 2.19 bits per heavy atom. The van der Waals surface area contributed by atoms with Crippen LogP contribution in [0.1, 0.15) is 13.3 Å². The van der Waals surface area contributed by atoms with E-state index in [1.807, 2.05) is 6.92 Å². The van der Waals surface area contributed by atoms with Gasteiger partial charge in [0.25, 0.3) is 0 Å². The van der Waals surface area contributed by atoms with Crippen molar-refractivity contribution in [1.29, 1.82) is 0 Å². The predicted octanol–water partition coefficient (Wildman–Crippen LogP) is 1.11. The Kier molecular flexibility index (Phi) is 3.18. The second-order valence-corrected chi connectivity index (χ2v) is 8.02. The summed E-state index contributed by atoms with van der Waals surface area (Å²) in [6.45, 7) is 1.83.